The van der Waals surface area contributed by atoms with Crippen LogP contribution in [0.2, 0.25) is 0 Å². The zero-order chi connectivity index (χ0) is 25.8. The first-order valence-electron chi connectivity index (χ1n) is 11.0. The highest BCUT2D eigenvalue weighted by atomic mass is 32.2. The van der Waals surface area contributed by atoms with Gasteiger partial charge in [0.1, 0.15) is 12.1 Å². The van der Waals surface area contributed by atoms with Crippen LogP contribution in [0.4, 0.5) is 0 Å². The van der Waals surface area contributed by atoms with Crippen LogP contribution >= 0.6 is 23.5 Å². The van der Waals surface area contributed by atoms with Gasteiger partial charge < -0.3 is 15.4 Å². The fourth-order valence-corrected chi connectivity index (χ4v) is 5.03. The lowest BCUT2D eigenvalue weighted by molar-refractivity contribution is -0.144. The Hall–Kier alpha value is -2.33. The van der Waals surface area contributed by atoms with E-state index < -0.39 is 35.0 Å². The van der Waals surface area contributed by atoms with Crippen LogP contribution in [0, 0.1) is 5.92 Å². The van der Waals surface area contributed by atoms with Crippen LogP contribution in [0.15, 0.2) is 24.3 Å². The molecule has 2 unspecified atom stereocenters. The second kappa shape index (κ2) is 14.8. The number of thioether (sulfide) groups is 2. The topological polar surface area (TPSA) is 119 Å². The third-order valence-electron chi connectivity index (χ3n) is 4.79. The van der Waals surface area contributed by atoms with Crippen LogP contribution < -0.4 is 10.6 Å². The number of carbonyl (C=O) groups is 5. The number of amides is 2. The quantitative estimate of drug-likeness (QED) is 0.412. The Morgan fingerprint density at radius 3 is 1.82 bits per heavy atom. The summed E-state index contributed by atoms with van der Waals surface area (Å²) in [5.74, 6) is -1.35. The predicted octanol–water partition coefficient (Wildman–Crippen LogP) is 2.69. The standard InChI is InChI=1S/C24H34N2O6S2/c1-14(2)11-18-7-9-19(10-8-18)15(3)23(30)33-13-21(26-17(5)28)24(31)34-12-20(22(29)32-6)25-16(4)27/h7-10,14-15,20-21H,11-13H2,1-6H3,(H,25,27)(H,26,28)/t15-,20?,21?/m0/s1. The summed E-state index contributed by atoms with van der Waals surface area (Å²) >= 11 is 1.77. The monoisotopic (exact) mass is 510 g/mol. The van der Waals surface area contributed by atoms with E-state index in [0.29, 0.717) is 5.92 Å². The van der Waals surface area contributed by atoms with E-state index >= 15 is 0 Å². The largest absolute Gasteiger partial charge is 0.467 e. The highest BCUT2D eigenvalue weighted by Gasteiger charge is 2.27. The van der Waals surface area contributed by atoms with Gasteiger partial charge in [0.25, 0.3) is 0 Å². The third-order valence-corrected chi connectivity index (χ3v) is 6.99. The highest BCUT2D eigenvalue weighted by molar-refractivity contribution is 8.15. The number of benzene rings is 1. The maximum atomic E-state index is 12.8. The molecule has 0 saturated carbocycles. The van der Waals surface area contributed by atoms with Gasteiger partial charge in [0, 0.05) is 25.4 Å². The molecule has 0 bridgehead atoms. The highest BCUT2D eigenvalue weighted by Crippen LogP contribution is 2.24. The summed E-state index contributed by atoms with van der Waals surface area (Å²) in [5.41, 5.74) is 2.10. The van der Waals surface area contributed by atoms with Crippen molar-refractivity contribution in [2.45, 2.75) is 59.0 Å². The molecule has 2 amide bonds. The summed E-state index contributed by atoms with van der Waals surface area (Å²) in [6.07, 6.45) is 0.967. The summed E-state index contributed by atoms with van der Waals surface area (Å²) in [7, 11) is 1.19. The van der Waals surface area contributed by atoms with E-state index in [1.807, 2.05) is 31.2 Å². The Morgan fingerprint density at radius 1 is 0.824 bits per heavy atom. The van der Waals surface area contributed by atoms with E-state index in [1.54, 1.807) is 0 Å². The molecule has 0 aliphatic rings. The Kier molecular flexibility index (Phi) is 13.0. The molecule has 8 nitrogen and oxygen atoms in total. The minimum absolute atomic E-state index is 0.0566. The molecule has 0 saturated heterocycles. The summed E-state index contributed by atoms with van der Waals surface area (Å²) < 4.78 is 4.65. The number of rotatable bonds is 12. The summed E-state index contributed by atoms with van der Waals surface area (Å²) in [6.45, 7) is 8.65. The lowest BCUT2D eigenvalue weighted by Crippen LogP contribution is -2.44. The van der Waals surface area contributed by atoms with Crippen LogP contribution in [0.5, 0.6) is 0 Å². The fourth-order valence-electron chi connectivity index (χ4n) is 3.08. The minimum Gasteiger partial charge on any atom is -0.467 e. The smallest absolute Gasteiger partial charge is 0.329 e. The molecule has 0 aromatic heterocycles. The van der Waals surface area contributed by atoms with Crippen LogP contribution in [0.1, 0.15) is 51.7 Å². The van der Waals surface area contributed by atoms with Crippen molar-refractivity contribution in [3.05, 3.63) is 35.4 Å². The van der Waals surface area contributed by atoms with Crippen molar-refractivity contribution in [1.29, 1.82) is 0 Å². The Balaban J connectivity index is 2.75. The van der Waals surface area contributed by atoms with Crippen molar-refractivity contribution in [3.63, 3.8) is 0 Å². The first-order valence-corrected chi connectivity index (χ1v) is 13.0. The first kappa shape index (κ1) is 29.7. The maximum absolute atomic E-state index is 12.8. The number of hydrogen-bond acceptors (Lipinski definition) is 8. The number of hydrogen-bond donors (Lipinski definition) is 2. The molecular formula is C24H34N2O6S2. The van der Waals surface area contributed by atoms with Gasteiger partial charge in [-0.2, -0.15) is 0 Å². The van der Waals surface area contributed by atoms with E-state index in [0.717, 1.165) is 35.5 Å². The van der Waals surface area contributed by atoms with Gasteiger partial charge in [-0.15, -0.1) is 0 Å². The van der Waals surface area contributed by atoms with Gasteiger partial charge in [-0.3, -0.25) is 19.2 Å². The average molecular weight is 511 g/mol. The van der Waals surface area contributed by atoms with Crippen molar-refractivity contribution in [2.75, 3.05) is 18.6 Å². The van der Waals surface area contributed by atoms with E-state index in [-0.39, 0.29) is 22.5 Å². The Labute approximate surface area is 209 Å². The molecule has 10 heteroatoms. The molecule has 1 rings (SSSR count). The molecule has 0 aliphatic heterocycles. The van der Waals surface area contributed by atoms with Gasteiger partial charge in [0.15, 0.2) is 5.12 Å². The normalized spacial score (nSPS) is 13.5. The molecule has 188 valence electrons. The van der Waals surface area contributed by atoms with E-state index in [1.165, 1.54) is 26.5 Å². The zero-order valence-electron chi connectivity index (χ0n) is 20.5. The van der Waals surface area contributed by atoms with Crippen LogP contribution in [-0.2, 0) is 35.1 Å². The third kappa shape index (κ3) is 10.7. The number of nitrogens with one attached hydrogen (secondary N) is 2. The summed E-state index contributed by atoms with van der Waals surface area (Å²) in [5, 5.41) is 4.46. The first-order chi connectivity index (χ1) is 15.9. The van der Waals surface area contributed by atoms with E-state index in [4.69, 9.17) is 0 Å². The second-order valence-electron chi connectivity index (χ2n) is 8.35. The summed E-state index contributed by atoms with van der Waals surface area (Å²) in [4.78, 5) is 60.2. The Morgan fingerprint density at radius 2 is 1.32 bits per heavy atom. The van der Waals surface area contributed by atoms with Gasteiger partial charge in [-0.1, -0.05) is 68.6 Å². The summed E-state index contributed by atoms with van der Waals surface area (Å²) in [6, 6.07) is 6.02. The van der Waals surface area contributed by atoms with Gasteiger partial charge in [0.2, 0.25) is 16.9 Å². The lowest BCUT2D eigenvalue weighted by atomic mass is 9.97. The van der Waals surface area contributed by atoms with Crippen LogP contribution in [0.25, 0.3) is 0 Å². The fraction of sp³-hybridized carbons (Fsp3) is 0.542. The van der Waals surface area contributed by atoms with E-state index in [2.05, 4.69) is 29.2 Å². The molecule has 1 aromatic carbocycles. The van der Waals surface area contributed by atoms with Gasteiger partial charge >= 0.3 is 5.97 Å². The molecule has 0 radical (unpaired) electrons. The second-order valence-corrected chi connectivity index (χ2v) is 10.4. The van der Waals surface area contributed by atoms with Crippen molar-refractivity contribution in [2.24, 2.45) is 5.92 Å². The molecule has 3 atom stereocenters. The lowest BCUT2D eigenvalue weighted by Gasteiger charge is -2.19. The minimum atomic E-state index is -0.998. The average Bonchev–Trinajstić information content (AvgIpc) is 2.77. The molecule has 0 spiro atoms. The molecule has 2 N–H and O–H groups in total. The number of esters is 1. The molecule has 0 heterocycles. The van der Waals surface area contributed by atoms with Crippen molar-refractivity contribution < 1.29 is 28.7 Å². The van der Waals surface area contributed by atoms with E-state index in [9.17, 15) is 24.0 Å². The van der Waals surface area contributed by atoms with Gasteiger partial charge in [-0.25, -0.2) is 4.79 Å². The predicted molar refractivity (Wildman–Crippen MR) is 136 cm³/mol. The van der Waals surface area contributed by atoms with Crippen LogP contribution in [-0.4, -0.2) is 58.7 Å². The van der Waals surface area contributed by atoms with Crippen LogP contribution in [0.3, 0.4) is 0 Å². The van der Waals surface area contributed by atoms with Gasteiger partial charge in [-0.05, 0) is 23.5 Å². The Bertz CT molecular complexity index is 873. The van der Waals surface area contributed by atoms with Gasteiger partial charge in [0.05, 0.1) is 13.0 Å². The molecular weight excluding hydrogens is 476 g/mol. The van der Waals surface area contributed by atoms with Crippen molar-refractivity contribution >= 4 is 51.5 Å². The SMILES string of the molecule is COC(=O)C(CSC(=O)C(CSC(=O)[C@@H](C)c1ccc(CC(C)C)cc1)NC(C)=O)NC(C)=O. The molecule has 1 aromatic rings. The van der Waals surface area contributed by atoms with Crippen molar-refractivity contribution in [3.8, 4) is 0 Å². The van der Waals surface area contributed by atoms with Crippen molar-refractivity contribution in [1.82, 2.24) is 10.6 Å². The number of methoxy groups -OCH3 is 1. The maximum Gasteiger partial charge on any atom is 0.329 e. The molecule has 0 fully saturated rings. The number of carbonyl (C=O) groups excluding carboxylic acids is 5. The zero-order valence-corrected chi connectivity index (χ0v) is 22.1. The molecule has 0 aliphatic carbocycles. The molecule has 34 heavy (non-hydrogen) atoms. The number of ether oxygens (including phenoxy) is 1.